The number of benzene rings is 1. The number of methoxy groups -OCH3 is 1. The average molecular weight is 349 g/mol. The van der Waals surface area contributed by atoms with E-state index in [1.807, 2.05) is 0 Å². The summed E-state index contributed by atoms with van der Waals surface area (Å²) in [6.45, 7) is 0. The van der Waals surface area contributed by atoms with Crippen LogP contribution in [0, 0.1) is 0 Å². The molecule has 2 N–H and O–H groups in total. The first-order chi connectivity index (χ1) is 9.85. The summed E-state index contributed by atoms with van der Waals surface area (Å²) in [5.41, 5.74) is 0.692. The van der Waals surface area contributed by atoms with Gasteiger partial charge >= 0.3 is 5.97 Å². The van der Waals surface area contributed by atoms with Crippen LogP contribution in [-0.2, 0) is 10.0 Å². The van der Waals surface area contributed by atoms with Gasteiger partial charge < -0.3 is 9.84 Å². The molecule has 10 heteroatoms. The number of nitrogens with one attached hydrogen (secondary N) is 1. The molecule has 2 rings (SSSR count). The summed E-state index contributed by atoms with van der Waals surface area (Å²) in [6, 6.07) is 4.42. The second-order valence-corrected chi connectivity index (χ2v) is 6.88. The molecule has 0 radical (unpaired) electrons. The number of carbonyl (C=O) groups is 1. The molecule has 1 heterocycles. The molecule has 0 spiro atoms. The van der Waals surface area contributed by atoms with E-state index in [0.29, 0.717) is 17.1 Å². The average Bonchev–Trinajstić information content (AvgIpc) is 2.91. The molecule has 21 heavy (non-hydrogen) atoms. The van der Waals surface area contributed by atoms with Gasteiger partial charge in [0.05, 0.1) is 23.3 Å². The number of halogens is 1. The summed E-state index contributed by atoms with van der Waals surface area (Å²) in [4.78, 5) is 14.5. The Morgan fingerprint density at radius 3 is 2.81 bits per heavy atom. The van der Waals surface area contributed by atoms with Crippen molar-refractivity contribution in [3.63, 3.8) is 0 Å². The normalized spacial score (nSPS) is 11.1. The fraction of sp³-hybridized carbons (Fsp3) is 0.0909. The number of anilines is 1. The molecule has 0 aliphatic carbocycles. The Balaban J connectivity index is 2.42. The molecule has 0 fully saturated rings. The number of aromatic nitrogens is 1. The number of hydrogen-bond donors (Lipinski definition) is 2. The Morgan fingerprint density at radius 2 is 2.19 bits per heavy atom. The van der Waals surface area contributed by atoms with E-state index in [2.05, 4.69) is 9.71 Å². The first-order valence-corrected chi connectivity index (χ1v) is 8.12. The van der Waals surface area contributed by atoms with Crippen molar-refractivity contribution >= 4 is 44.6 Å². The molecule has 0 saturated heterocycles. The minimum absolute atomic E-state index is 0.0840. The minimum Gasteiger partial charge on any atom is -0.497 e. The number of carboxylic acid groups (broad SMARTS) is 1. The molecule has 0 amide bonds. The molecule has 0 aliphatic rings. The highest BCUT2D eigenvalue weighted by Crippen LogP contribution is 2.30. The van der Waals surface area contributed by atoms with Crippen molar-refractivity contribution in [2.75, 3.05) is 11.8 Å². The van der Waals surface area contributed by atoms with Crippen LogP contribution in [0.5, 0.6) is 5.75 Å². The number of thiazole rings is 1. The van der Waals surface area contributed by atoms with Crippen molar-refractivity contribution in [2.45, 2.75) is 4.21 Å². The van der Waals surface area contributed by atoms with Gasteiger partial charge in [-0.1, -0.05) is 11.6 Å². The molecule has 0 atom stereocenters. The van der Waals surface area contributed by atoms with Gasteiger partial charge in [-0.05, 0) is 12.1 Å². The van der Waals surface area contributed by atoms with Gasteiger partial charge in [0.25, 0.3) is 10.0 Å². The summed E-state index contributed by atoms with van der Waals surface area (Å²) < 4.78 is 31.3. The predicted octanol–water partition coefficient (Wildman–Crippen LogP) is 2.30. The number of sulfonamides is 1. The van der Waals surface area contributed by atoms with Gasteiger partial charge in [-0.2, -0.15) is 0 Å². The van der Waals surface area contributed by atoms with Gasteiger partial charge in [0.1, 0.15) is 5.75 Å². The maximum atomic E-state index is 12.2. The molecule has 0 unspecified atom stereocenters. The Kier molecular flexibility index (Phi) is 4.35. The lowest BCUT2D eigenvalue weighted by molar-refractivity contribution is 0.0687. The quantitative estimate of drug-likeness (QED) is 0.858. The number of ether oxygens (including phenoxy) is 1. The number of rotatable bonds is 5. The van der Waals surface area contributed by atoms with E-state index in [1.165, 1.54) is 19.2 Å². The van der Waals surface area contributed by atoms with Crippen molar-refractivity contribution in [2.24, 2.45) is 0 Å². The van der Waals surface area contributed by atoms with Gasteiger partial charge in [-0.25, -0.2) is 18.2 Å². The maximum absolute atomic E-state index is 12.2. The van der Waals surface area contributed by atoms with Crippen molar-refractivity contribution in [1.82, 2.24) is 4.98 Å². The van der Waals surface area contributed by atoms with Crippen LogP contribution >= 0.6 is 22.9 Å². The van der Waals surface area contributed by atoms with E-state index in [4.69, 9.17) is 21.4 Å². The van der Waals surface area contributed by atoms with Crippen molar-refractivity contribution < 1.29 is 23.1 Å². The second kappa shape index (κ2) is 5.88. The van der Waals surface area contributed by atoms with E-state index < -0.39 is 25.9 Å². The SMILES string of the molecule is COc1ccc(Cl)c(NS(=O)(=O)c2scnc2C(=O)O)c1. The van der Waals surface area contributed by atoms with Gasteiger partial charge in [-0.3, -0.25) is 4.72 Å². The molecule has 2 aromatic rings. The molecule has 0 bridgehead atoms. The smallest absolute Gasteiger partial charge is 0.356 e. The summed E-state index contributed by atoms with van der Waals surface area (Å²) in [5, 5.41) is 9.08. The molecule has 1 aromatic heterocycles. The van der Waals surface area contributed by atoms with Crippen molar-refractivity contribution in [3.05, 3.63) is 34.4 Å². The molecule has 7 nitrogen and oxygen atoms in total. The fourth-order valence-electron chi connectivity index (χ4n) is 1.47. The lowest BCUT2D eigenvalue weighted by Gasteiger charge is -2.10. The Morgan fingerprint density at radius 1 is 1.48 bits per heavy atom. The van der Waals surface area contributed by atoms with Gasteiger partial charge in [0, 0.05) is 6.07 Å². The third kappa shape index (κ3) is 3.26. The predicted molar refractivity (Wildman–Crippen MR) is 77.9 cm³/mol. The van der Waals surface area contributed by atoms with E-state index in [1.54, 1.807) is 6.07 Å². The van der Waals surface area contributed by atoms with E-state index in [9.17, 15) is 13.2 Å². The highest BCUT2D eigenvalue weighted by atomic mass is 35.5. The lowest BCUT2D eigenvalue weighted by Crippen LogP contribution is -2.15. The van der Waals surface area contributed by atoms with E-state index >= 15 is 0 Å². The van der Waals surface area contributed by atoms with Gasteiger partial charge in [0.2, 0.25) is 0 Å². The van der Waals surface area contributed by atoms with Crippen LogP contribution in [-0.4, -0.2) is 31.6 Å². The zero-order valence-electron chi connectivity index (χ0n) is 10.5. The van der Waals surface area contributed by atoms with E-state index in [0.717, 1.165) is 5.51 Å². The van der Waals surface area contributed by atoms with Gasteiger partial charge in [-0.15, -0.1) is 11.3 Å². The summed E-state index contributed by atoms with van der Waals surface area (Å²) in [6.07, 6.45) is 0. The molecule has 0 saturated carbocycles. The highest BCUT2D eigenvalue weighted by Gasteiger charge is 2.26. The minimum atomic E-state index is -4.11. The third-order valence-electron chi connectivity index (χ3n) is 2.40. The highest BCUT2D eigenvalue weighted by molar-refractivity contribution is 7.94. The molecule has 112 valence electrons. The first kappa shape index (κ1) is 15.5. The van der Waals surface area contributed by atoms with Crippen LogP contribution in [0.1, 0.15) is 10.5 Å². The molecular weight excluding hydrogens is 340 g/mol. The maximum Gasteiger partial charge on any atom is 0.356 e. The Hall–Kier alpha value is -1.84. The molecule has 1 aromatic carbocycles. The summed E-state index contributed by atoms with van der Waals surface area (Å²) in [5.74, 6) is -1.02. The van der Waals surface area contributed by atoms with E-state index in [-0.39, 0.29) is 10.7 Å². The molecule has 0 aliphatic heterocycles. The molecular formula is C11H9ClN2O5S2. The van der Waals surface area contributed by atoms with Crippen LogP contribution in [0.15, 0.2) is 27.9 Å². The fourth-order valence-corrected chi connectivity index (χ4v) is 3.90. The third-order valence-corrected chi connectivity index (χ3v) is 5.46. The first-order valence-electron chi connectivity index (χ1n) is 5.38. The zero-order chi connectivity index (χ0) is 15.6. The monoisotopic (exact) mass is 348 g/mol. The number of hydrogen-bond acceptors (Lipinski definition) is 6. The van der Waals surface area contributed by atoms with Crippen LogP contribution in [0.3, 0.4) is 0 Å². The van der Waals surface area contributed by atoms with Crippen molar-refractivity contribution in [1.29, 1.82) is 0 Å². The number of carboxylic acids is 1. The summed E-state index contributed by atoms with van der Waals surface area (Å²) >= 11 is 6.62. The lowest BCUT2D eigenvalue weighted by atomic mass is 10.3. The Labute approximate surface area is 129 Å². The second-order valence-electron chi connectivity index (χ2n) is 3.74. The summed E-state index contributed by atoms with van der Waals surface area (Å²) in [7, 11) is -2.68. The van der Waals surface area contributed by atoms with Crippen LogP contribution < -0.4 is 9.46 Å². The van der Waals surface area contributed by atoms with Crippen molar-refractivity contribution in [3.8, 4) is 5.75 Å². The topological polar surface area (TPSA) is 106 Å². The van der Waals surface area contributed by atoms with Crippen LogP contribution in [0.25, 0.3) is 0 Å². The largest absolute Gasteiger partial charge is 0.497 e. The zero-order valence-corrected chi connectivity index (χ0v) is 12.9. The number of nitrogens with zero attached hydrogens (tertiary/aromatic N) is 1. The standard InChI is InChI=1S/C11H9ClN2O5S2/c1-19-6-2-3-7(12)8(4-6)14-21(17,18)11-9(10(15)16)13-5-20-11/h2-5,14H,1H3,(H,15,16). The number of aromatic carboxylic acids is 1. The Bertz CT molecular complexity index is 788. The van der Waals surface area contributed by atoms with Gasteiger partial charge in [0.15, 0.2) is 9.90 Å². The van der Waals surface area contributed by atoms with Crippen LogP contribution in [0.4, 0.5) is 5.69 Å². The van der Waals surface area contributed by atoms with Crippen LogP contribution in [0.2, 0.25) is 5.02 Å².